The molecule has 0 N–H and O–H groups in total. The molecule has 0 unspecified atom stereocenters. The average molecular weight is 343 g/mol. The highest BCUT2D eigenvalue weighted by molar-refractivity contribution is 7.13. The molecule has 0 saturated carbocycles. The molecule has 0 aliphatic carbocycles. The van der Waals surface area contributed by atoms with E-state index in [1.54, 1.807) is 16.2 Å². The van der Waals surface area contributed by atoms with E-state index in [-0.39, 0.29) is 17.9 Å². The standard InChI is InChI=1S/C16H17N5O2S/c1-9-11(8-17-21(9)3)14-10(7-13(22)20(14)2)16-18-15(19-23-16)12-5-4-6-24-12/h4-6,8,10,14H,7H2,1-3H3/t10-,14-/m1/s1. The van der Waals surface area contributed by atoms with Crippen molar-refractivity contribution in [1.29, 1.82) is 0 Å². The van der Waals surface area contributed by atoms with E-state index in [1.807, 2.05) is 49.4 Å². The quantitative estimate of drug-likeness (QED) is 0.730. The number of aromatic nitrogens is 4. The van der Waals surface area contributed by atoms with Gasteiger partial charge < -0.3 is 9.42 Å². The first-order valence-corrected chi connectivity index (χ1v) is 8.56. The Balaban J connectivity index is 1.73. The highest BCUT2D eigenvalue weighted by Gasteiger charge is 2.43. The van der Waals surface area contributed by atoms with Crippen molar-refractivity contribution in [3.8, 4) is 10.7 Å². The SMILES string of the molecule is Cc1c([C@H]2[C@H](c3nc(-c4cccs4)no3)CC(=O)N2C)cnn1C. The number of likely N-dealkylation sites (N-methyl/N-ethyl adjacent to an activating group) is 1. The molecule has 1 fully saturated rings. The Hall–Kier alpha value is -2.48. The van der Waals surface area contributed by atoms with Crippen LogP contribution in [0.1, 0.15) is 35.5 Å². The lowest BCUT2D eigenvalue weighted by molar-refractivity contribution is -0.127. The highest BCUT2D eigenvalue weighted by atomic mass is 32.1. The molecule has 4 rings (SSSR count). The normalized spacial score (nSPS) is 21.0. The fourth-order valence-corrected chi connectivity index (χ4v) is 3.86. The van der Waals surface area contributed by atoms with Crippen LogP contribution in [0.15, 0.2) is 28.2 Å². The summed E-state index contributed by atoms with van der Waals surface area (Å²) in [7, 11) is 3.71. The van der Waals surface area contributed by atoms with Gasteiger partial charge in [-0.15, -0.1) is 11.3 Å². The van der Waals surface area contributed by atoms with Gasteiger partial charge in [0.1, 0.15) is 0 Å². The van der Waals surface area contributed by atoms with Crippen LogP contribution < -0.4 is 0 Å². The van der Waals surface area contributed by atoms with Gasteiger partial charge in [0, 0.05) is 31.8 Å². The smallest absolute Gasteiger partial charge is 0.233 e. The van der Waals surface area contributed by atoms with Crippen LogP contribution >= 0.6 is 11.3 Å². The van der Waals surface area contributed by atoms with Gasteiger partial charge in [-0.25, -0.2) is 0 Å². The van der Waals surface area contributed by atoms with E-state index in [4.69, 9.17) is 4.52 Å². The topological polar surface area (TPSA) is 77.1 Å². The third-order valence-corrected chi connectivity index (χ3v) is 5.54. The van der Waals surface area contributed by atoms with Crippen molar-refractivity contribution in [2.45, 2.75) is 25.3 Å². The maximum Gasteiger partial charge on any atom is 0.233 e. The van der Waals surface area contributed by atoms with E-state index >= 15 is 0 Å². The second-order valence-electron chi connectivity index (χ2n) is 6.00. The molecule has 1 aliphatic rings. The first-order valence-electron chi connectivity index (χ1n) is 7.68. The van der Waals surface area contributed by atoms with Gasteiger partial charge >= 0.3 is 0 Å². The molecule has 1 amide bonds. The molecular weight excluding hydrogens is 326 g/mol. The van der Waals surface area contributed by atoms with Crippen molar-refractivity contribution < 1.29 is 9.32 Å². The Morgan fingerprint density at radius 1 is 1.38 bits per heavy atom. The minimum Gasteiger partial charge on any atom is -0.339 e. The number of carbonyl (C=O) groups excluding carboxylic acids is 1. The second kappa shape index (κ2) is 5.55. The molecule has 2 atom stereocenters. The number of rotatable bonds is 3. The van der Waals surface area contributed by atoms with Gasteiger partial charge in [-0.3, -0.25) is 9.48 Å². The van der Waals surface area contributed by atoms with E-state index in [9.17, 15) is 4.79 Å². The molecule has 3 aromatic rings. The van der Waals surface area contributed by atoms with Crippen LogP contribution in [0.4, 0.5) is 0 Å². The second-order valence-corrected chi connectivity index (χ2v) is 6.95. The van der Waals surface area contributed by atoms with Gasteiger partial charge in [0.05, 0.1) is 23.0 Å². The fourth-order valence-electron chi connectivity index (χ4n) is 3.21. The van der Waals surface area contributed by atoms with Crippen LogP contribution in [0, 0.1) is 6.92 Å². The molecule has 7 nitrogen and oxygen atoms in total. The zero-order valence-corrected chi connectivity index (χ0v) is 14.4. The fraction of sp³-hybridized carbons (Fsp3) is 0.375. The number of nitrogens with zero attached hydrogens (tertiary/aromatic N) is 5. The van der Waals surface area contributed by atoms with E-state index < -0.39 is 0 Å². The summed E-state index contributed by atoms with van der Waals surface area (Å²) >= 11 is 1.56. The number of carbonyl (C=O) groups is 1. The molecule has 0 radical (unpaired) electrons. The van der Waals surface area contributed by atoms with Crippen LogP contribution in [-0.2, 0) is 11.8 Å². The highest BCUT2D eigenvalue weighted by Crippen LogP contribution is 2.44. The third-order valence-electron chi connectivity index (χ3n) is 4.68. The van der Waals surface area contributed by atoms with Gasteiger partial charge in [0.25, 0.3) is 0 Å². The Kier molecular flexibility index (Phi) is 3.49. The summed E-state index contributed by atoms with van der Waals surface area (Å²) in [4.78, 5) is 19.6. The van der Waals surface area contributed by atoms with Crippen molar-refractivity contribution >= 4 is 17.2 Å². The van der Waals surface area contributed by atoms with Crippen molar-refractivity contribution in [2.75, 3.05) is 7.05 Å². The van der Waals surface area contributed by atoms with Crippen LogP contribution in [0.2, 0.25) is 0 Å². The Morgan fingerprint density at radius 2 is 2.21 bits per heavy atom. The van der Waals surface area contributed by atoms with E-state index in [0.717, 1.165) is 16.1 Å². The largest absolute Gasteiger partial charge is 0.339 e. The van der Waals surface area contributed by atoms with Crippen molar-refractivity contribution in [3.63, 3.8) is 0 Å². The van der Waals surface area contributed by atoms with Crippen LogP contribution in [0.5, 0.6) is 0 Å². The van der Waals surface area contributed by atoms with Gasteiger partial charge in [0.15, 0.2) is 0 Å². The molecule has 1 aliphatic heterocycles. The predicted octanol–water partition coefficient (Wildman–Crippen LogP) is 2.53. The first-order chi connectivity index (χ1) is 11.6. The zero-order valence-electron chi connectivity index (χ0n) is 13.6. The summed E-state index contributed by atoms with van der Waals surface area (Å²) in [6.45, 7) is 2.00. The molecule has 0 spiro atoms. The number of hydrogen-bond donors (Lipinski definition) is 0. The summed E-state index contributed by atoms with van der Waals surface area (Å²) in [5.41, 5.74) is 2.05. The molecule has 0 aromatic carbocycles. The van der Waals surface area contributed by atoms with Crippen LogP contribution in [0.25, 0.3) is 10.7 Å². The molecule has 1 saturated heterocycles. The summed E-state index contributed by atoms with van der Waals surface area (Å²) in [6.07, 6.45) is 2.18. The molecule has 8 heteroatoms. The monoisotopic (exact) mass is 343 g/mol. The van der Waals surface area contributed by atoms with Gasteiger partial charge in [-0.1, -0.05) is 11.2 Å². The number of amides is 1. The maximum absolute atomic E-state index is 12.3. The lowest BCUT2D eigenvalue weighted by Crippen LogP contribution is -2.24. The van der Waals surface area contributed by atoms with Gasteiger partial charge in [-0.05, 0) is 18.4 Å². The number of likely N-dealkylation sites (tertiary alicyclic amines) is 1. The Morgan fingerprint density at radius 3 is 2.88 bits per heavy atom. The minimum atomic E-state index is -0.161. The lowest BCUT2D eigenvalue weighted by Gasteiger charge is -2.23. The third kappa shape index (κ3) is 2.25. The van der Waals surface area contributed by atoms with Crippen LogP contribution in [0.3, 0.4) is 0 Å². The lowest BCUT2D eigenvalue weighted by atomic mass is 9.94. The molecule has 4 heterocycles. The maximum atomic E-state index is 12.3. The van der Waals surface area contributed by atoms with E-state index in [2.05, 4.69) is 15.2 Å². The molecule has 0 bridgehead atoms. The Labute approximate surface area is 142 Å². The van der Waals surface area contributed by atoms with Gasteiger partial charge in [0.2, 0.25) is 17.6 Å². The molecular formula is C16H17N5O2S. The summed E-state index contributed by atoms with van der Waals surface area (Å²) < 4.78 is 7.32. The summed E-state index contributed by atoms with van der Waals surface area (Å²) in [6, 6.07) is 3.77. The number of thiophene rings is 1. The first kappa shape index (κ1) is 15.1. The number of hydrogen-bond acceptors (Lipinski definition) is 6. The van der Waals surface area contributed by atoms with Crippen molar-refractivity contribution in [1.82, 2.24) is 24.8 Å². The van der Waals surface area contributed by atoms with Gasteiger partial charge in [-0.2, -0.15) is 10.1 Å². The average Bonchev–Trinajstić information content (AvgIpc) is 3.32. The number of aryl methyl sites for hydroxylation is 1. The van der Waals surface area contributed by atoms with E-state index in [1.165, 1.54) is 0 Å². The predicted molar refractivity (Wildman–Crippen MR) is 88.4 cm³/mol. The van der Waals surface area contributed by atoms with Crippen LogP contribution in [-0.4, -0.2) is 37.8 Å². The Bertz CT molecular complexity index is 882. The molecule has 24 heavy (non-hydrogen) atoms. The van der Waals surface area contributed by atoms with Crippen molar-refractivity contribution in [3.05, 3.63) is 40.9 Å². The zero-order chi connectivity index (χ0) is 16.8. The van der Waals surface area contributed by atoms with E-state index in [0.29, 0.717) is 18.1 Å². The summed E-state index contributed by atoms with van der Waals surface area (Å²) in [5.74, 6) is 0.990. The molecule has 124 valence electrons. The molecule has 3 aromatic heterocycles. The summed E-state index contributed by atoms with van der Waals surface area (Å²) in [5, 5.41) is 10.4. The van der Waals surface area contributed by atoms with Crippen molar-refractivity contribution in [2.24, 2.45) is 7.05 Å². The minimum absolute atomic E-state index is 0.0733.